The fourth-order valence-corrected chi connectivity index (χ4v) is 3.38. The molecule has 0 amide bonds. The fourth-order valence-electron chi connectivity index (χ4n) is 3.38. The van der Waals surface area contributed by atoms with E-state index in [-0.39, 0.29) is 12.1 Å². The molecule has 2 unspecified atom stereocenters. The molecule has 0 aliphatic carbocycles. The Kier molecular flexibility index (Phi) is 4.78. The number of nitrogens with zero attached hydrogens (tertiary/aromatic N) is 1. The SMILES string of the molecule is COC1(OC)CC(c2ccccc2)N(O)C(c2ccccc2)C1. The van der Waals surface area contributed by atoms with Crippen molar-refractivity contribution in [2.24, 2.45) is 0 Å². The third kappa shape index (κ3) is 3.16. The molecule has 2 atom stereocenters. The minimum Gasteiger partial charge on any atom is -0.353 e. The maximum absolute atomic E-state index is 10.9. The monoisotopic (exact) mass is 313 g/mol. The topological polar surface area (TPSA) is 41.9 Å². The van der Waals surface area contributed by atoms with E-state index < -0.39 is 5.79 Å². The Bertz CT molecular complexity index is 562. The summed E-state index contributed by atoms with van der Waals surface area (Å²) < 4.78 is 11.4. The van der Waals surface area contributed by atoms with Crippen molar-refractivity contribution in [3.8, 4) is 0 Å². The molecule has 4 heteroatoms. The van der Waals surface area contributed by atoms with Gasteiger partial charge in [0.2, 0.25) is 0 Å². The minimum absolute atomic E-state index is 0.185. The predicted octanol–water partition coefficient (Wildman–Crippen LogP) is 3.94. The minimum atomic E-state index is -0.708. The van der Waals surface area contributed by atoms with Crippen LogP contribution in [0.5, 0.6) is 0 Å². The molecule has 1 aliphatic heterocycles. The number of hydrogen-bond acceptors (Lipinski definition) is 4. The zero-order valence-electron chi connectivity index (χ0n) is 13.6. The number of methoxy groups -OCH3 is 2. The number of ether oxygens (including phenoxy) is 2. The Labute approximate surface area is 137 Å². The molecule has 23 heavy (non-hydrogen) atoms. The van der Waals surface area contributed by atoms with Crippen molar-refractivity contribution in [1.29, 1.82) is 0 Å². The number of benzene rings is 2. The number of hydrogen-bond donors (Lipinski definition) is 1. The van der Waals surface area contributed by atoms with Gasteiger partial charge < -0.3 is 14.7 Å². The highest BCUT2D eigenvalue weighted by Gasteiger charge is 2.46. The van der Waals surface area contributed by atoms with Crippen LogP contribution in [0.4, 0.5) is 0 Å². The molecule has 1 N–H and O–H groups in total. The summed E-state index contributed by atoms with van der Waals surface area (Å²) in [6, 6.07) is 19.6. The number of hydroxylamine groups is 2. The summed E-state index contributed by atoms with van der Waals surface area (Å²) in [7, 11) is 3.33. The van der Waals surface area contributed by atoms with Crippen LogP contribution >= 0.6 is 0 Å². The van der Waals surface area contributed by atoms with Crippen LogP contribution < -0.4 is 0 Å². The molecular formula is C19H23NO3. The molecule has 1 heterocycles. The molecule has 0 saturated carbocycles. The molecule has 0 bridgehead atoms. The van der Waals surface area contributed by atoms with E-state index in [0.717, 1.165) is 11.1 Å². The normalized spacial score (nSPS) is 24.5. The lowest BCUT2D eigenvalue weighted by atomic mass is 9.85. The third-order valence-electron chi connectivity index (χ3n) is 4.76. The molecule has 0 radical (unpaired) electrons. The second-order valence-corrected chi connectivity index (χ2v) is 5.96. The van der Waals surface area contributed by atoms with E-state index in [9.17, 15) is 5.21 Å². The van der Waals surface area contributed by atoms with Crippen molar-refractivity contribution in [2.45, 2.75) is 30.7 Å². The molecule has 1 fully saturated rings. The smallest absolute Gasteiger partial charge is 0.171 e. The van der Waals surface area contributed by atoms with Gasteiger partial charge in [0.1, 0.15) is 0 Å². The number of piperidine rings is 1. The molecule has 0 aromatic heterocycles. The lowest BCUT2D eigenvalue weighted by Gasteiger charge is -2.47. The van der Waals surface area contributed by atoms with Gasteiger partial charge in [0.05, 0.1) is 12.1 Å². The van der Waals surface area contributed by atoms with Gasteiger partial charge in [0.15, 0.2) is 5.79 Å². The van der Waals surface area contributed by atoms with Gasteiger partial charge in [-0.2, -0.15) is 5.06 Å². The van der Waals surface area contributed by atoms with Crippen LogP contribution in [0.1, 0.15) is 36.1 Å². The Balaban J connectivity index is 2.00. The Morgan fingerprint density at radius 3 is 1.57 bits per heavy atom. The first-order valence-electron chi connectivity index (χ1n) is 7.86. The van der Waals surface area contributed by atoms with Gasteiger partial charge in [0.25, 0.3) is 0 Å². The third-order valence-corrected chi connectivity index (χ3v) is 4.76. The van der Waals surface area contributed by atoms with E-state index >= 15 is 0 Å². The zero-order chi connectivity index (χ0) is 16.3. The van der Waals surface area contributed by atoms with Gasteiger partial charge in [-0.15, -0.1) is 0 Å². The van der Waals surface area contributed by atoms with Crippen LogP contribution in [0.25, 0.3) is 0 Å². The molecule has 2 aromatic carbocycles. The quantitative estimate of drug-likeness (QED) is 0.868. The summed E-state index contributed by atoms with van der Waals surface area (Å²) in [6.45, 7) is 0. The largest absolute Gasteiger partial charge is 0.353 e. The number of rotatable bonds is 4. The van der Waals surface area contributed by atoms with Crippen molar-refractivity contribution >= 4 is 0 Å². The van der Waals surface area contributed by atoms with Gasteiger partial charge >= 0.3 is 0 Å². The Hall–Kier alpha value is -1.72. The van der Waals surface area contributed by atoms with Crippen LogP contribution in [-0.2, 0) is 9.47 Å². The highest BCUT2D eigenvalue weighted by Crippen LogP contribution is 2.46. The Morgan fingerprint density at radius 1 is 0.826 bits per heavy atom. The molecule has 2 aromatic rings. The van der Waals surface area contributed by atoms with E-state index in [1.165, 1.54) is 5.06 Å². The van der Waals surface area contributed by atoms with Crippen LogP contribution in [0, 0.1) is 0 Å². The molecule has 3 rings (SSSR count). The van der Waals surface area contributed by atoms with Gasteiger partial charge in [-0.25, -0.2) is 0 Å². The van der Waals surface area contributed by atoms with Gasteiger partial charge in [-0.3, -0.25) is 0 Å². The standard InChI is InChI=1S/C19H23NO3/c1-22-19(23-2)13-17(15-9-5-3-6-10-15)20(21)18(14-19)16-11-7-4-8-12-16/h3-12,17-18,21H,13-14H2,1-2H3. The van der Waals surface area contributed by atoms with Gasteiger partial charge in [-0.05, 0) is 11.1 Å². The first kappa shape index (κ1) is 16.1. The predicted molar refractivity (Wildman–Crippen MR) is 88.0 cm³/mol. The highest BCUT2D eigenvalue weighted by molar-refractivity contribution is 5.24. The van der Waals surface area contributed by atoms with E-state index in [1.807, 2.05) is 60.7 Å². The molecular weight excluding hydrogens is 290 g/mol. The van der Waals surface area contributed by atoms with Gasteiger partial charge in [0, 0.05) is 27.1 Å². The van der Waals surface area contributed by atoms with Crippen molar-refractivity contribution in [1.82, 2.24) is 5.06 Å². The lowest BCUT2D eigenvalue weighted by molar-refractivity contribution is -0.295. The maximum atomic E-state index is 10.9. The average molecular weight is 313 g/mol. The van der Waals surface area contributed by atoms with Crippen LogP contribution in [0.2, 0.25) is 0 Å². The maximum Gasteiger partial charge on any atom is 0.171 e. The van der Waals surface area contributed by atoms with Crippen LogP contribution in [0.15, 0.2) is 60.7 Å². The molecule has 4 nitrogen and oxygen atoms in total. The molecule has 0 spiro atoms. The van der Waals surface area contributed by atoms with Crippen LogP contribution in [-0.4, -0.2) is 30.3 Å². The van der Waals surface area contributed by atoms with E-state index in [2.05, 4.69) is 0 Å². The first-order valence-corrected chi connectivity index (χ1v) is 7.86. The summed E-state index contributed by atoms with van der Waals surface area (Å²) in [5.41, 5.74) is 2.10. The summed E-state index contributed by atoms with van der Waals surface area (Å²) in [4.78, 5) is 0. The van der Waals surface area contributed by atoms with Crippen molar-refractivity contribution < 1.29 is 14.7 Å². The summed E-state index contributed by atoms with van der Waals surface area (Å²) in [5, 5.41) is 12.3. The Morgan fingerprint density at radius 2 is 1.22 bits per heavy atom. The lowest BCUT2D eigenvalue weighted by Crippen LogP contribution is -2.48. The van der Waals surface area contributed by atoms with Crippen LogP contribution in [0.3, 0.4) is 0 Å². The molecule has 122 valence electrons. The second kappa shape index (κ2) is 6.81. The highest BCUT2D eigenvalue weighted by atomic mass is 16.7. The first-order chi connectivity index (χ1) is 11.2. The molecule has 1 saturated heterocycles. The zero-order valence-corrected chi connectivity index (χ0v) is 13.6. The summed E-state index contributed by atoms with van der Waals surface area (Å²) in [6.07, 6.45) is 1.15. The van der Waals surface area contributed by atoms with E-state index in [0.29, 0.717) is 12.8 Å². The summed E-state index contributed by atoms with van der Waals surface area (Å²) >= 11 is 0. The van der Waals surface area contributed by atoms with E-state index in [1.54, 1.807) is 14.2 Å². The van der Waals surface area contributed by atoms with Crippen molar-refractivity contribution in [3.05, 3.63) is 71.8 Å². The second-order valence-electron chi connectivity index (χ2n) is 5.96. The van der Waals surface area contributed by atoms with Gasteiger partial charge in [-0.1, -0.05) is 60.7 Å². The molecule has 1 aliphatic rings. The fraction of sp³-hybridized carbons (Fsp3) is 0.368. The van der Waals surface area contributed by atoms with Crippen molar-refractivity contribution in [2.75, 3.05) is 14.2 Å². The average Bonchev–Trinajstić information content (AvgIpc) is 2.64. The van der Waals surface area contributed by atoms with E-state index in [4.69, 9.17) is 9.47 Å². The summed E-state index contributed by atoms with van der Waals surface area (Å²) in [5.74, 6) is -0.708. The van der Waals surface area contributed by atoms with Crippen molar-refractivity contribution in [3.63, 3.8) is 0 Å².